The van der Waals surface area contributed by atoms with Gasteiger partial charge in [0.15, 0.2) is 17.1 Å². The number of H-pyrrole nitrogens is 1. The van der Waals surface area contributed by atoms with Crippen LogP contribution in [-0.4, -0.2) is 43.9 Å². The quantitative estimate of drug-likeness (QED) is 0.372. The molecule has 0 aliphatic carbocycles. The fraction of sp³-hybridized carbons (Fsp3) is 0.259. The van der Waals surface area contributed by atoms with Crippen LogP contribution in [0.25, 0.3) is 33.3 Å². The van der Waals surface area contributed by atoms with Gasteiger partial charge >= 0.3 is 0 Å². The summed E-state index contributed by atoms with van der Waals surface area (Å²) in [6.07, 6.45) is 1.71. The van der Waals surface area contributed by atoms with Crippen LogP contribution in [0.5, 0.6) is 11.5 Å². The highest BCUT2D eigenvalue weighted by atomic mass is 16.6. The summed E-state index contributed by atoms with van der Waals surface area (Å²) in [6.45, 7) is 7.00. The van der Waals surface area contributed by atoms with Gasteiger partial charge < -0.3 is 19.8 Å². The van der Waals surface area contributed by atoms with Gasteiger partial charge in [-0.1, -0.05) is 12.1 Å². The van der Waals surface area contributed by atoms with Crippen LogP contribution in [0, 0.1) is 0 Å². The number of hydrogen-bond acceptors (Lipinski definition) is 6. The highest BCUT2D eigenvalue weighted by Gasteiger charge is 2.22. The summed E-state index contributed by atoms with van der Waals surface area (Å²) >= 11 is 0. The monoisotopic (exact) mass is 482 g/mol. The molecule has 2 N–H and O–H groups in total. The first kappa shape index (κ1) is 22.1. The molecule has 0 unspecified atom stereocenters. The van der Waals surface area contributed by atoms with Gasteiger partial charge in [0.1, 0.15) is 19.0 Å². The van der Waals surface area contributed by atoms with Crippen molar-refractivity contribution in [3.8, 4) is 22.8 Å². The summed E-state index contributed by atoms with van der Waals surface area (Å²) in [5.74, 6) is 1.84. The van der Waals surface area contributed by atoms with Gasteiger partial charge in [0.2, 0.25) is 0 Å². The SMILES string of the molecule is CC(C)n1ncc2c(C(=O)N[C@H](C)c3nc4ccccc4[nH]3)cc(-c3ccc4c(c3)OCCO4)nc21. The van der Waals surface area contributed by atoms with E-state index in [0.717, 1.165) is 16.6 Å². The first-order valence-electron chi connectivity index (χ1n) is 12.0. The Kier molecular flexibility index (Phi) is 5.32. The summed E-state index contributed by atoms with van der Waals surface area (Å²) in [5, 5.41) is 8.30. The van der Waals surface area contributed by atoms with Crippen molar-refractivity contribution < 1.29 is 14.3 Å². The predicted molar refractivity (Wildman–Crippen MR) is 136 cm³/mol. The highest BCUT2D eigenvalue weighted by molar-refractivity contribution is 6.06. The maximum Gasteiger partial charge on any atom is 0.252 e. The van der Waals surface area contributed by atoms with Gasteiger partial charge in [0, 0.05) is 11.6 Å². The normalized spacial score (nSPS) is 13.9. The maximum atomic E-state index is 13.6. The predicted octanol–water partition coefficient (Wildman–Crippen LogP) is 4.82. The van der Waals surface area contributed by atoms with E-state index in [1.807, 2.05) is 67.9 Å². The number of amides is 1. The Bertz CT molecular complexity index is 1570. The average molecular weight is 483 g/mol. The molecule has 1 aliphatic heterocycles. The molecule has 182 valence electrons. The topological polar surface area (TPSA) is 107 Å². The fourth-order valence-electron chi connectivity index (χ4n) is 4.45. The minimum atomic E-state index is -0.328. The minimum Gasteiger partial charge on any atom is -0.486 e. The molecule has 0 saturated heterocycles. The number of pyridine rings is 1. The molecule has 4 heterocycles. The van der Waals surface area contributed by atoms with E-state index in [-0.39, 0.29) is 18.0 Å². The lowest BCUT2D eigenvalue weighted by molar-refractivity contribution is 0.0940. The van der Waals surface area contributed by atoms with Crippen molar-refractivity contribution in [2.45, 2.75) is 32.9 Å². The smallest absolute Gasteiger partial charge is 0.252 e. The molecule has 5 aromatic rings. The molecule has 9 nitrogen and oxygen atoms in total. The van der Waals surface area contributed by atoms with Gasteiger partial charge in [-0.15, -0.1) is 0 Å². The number of para-hydroxylation sites is 2. The second-order valence-electron chi connectivity index (χ2n) is 9.17. The van der Waals surface area contributed by atoms with Crippen LogP contribution in [0.15, 0.2) is 54.7 Å². The molecule has 0 bridgehead atoms. The van der Waals surface area contributed by atoms with E-state index >= 15 is 0 Å². The van der Waals surface area contributed by atoms with Crippen LogP contribution < -0.4 is 14.8 Å². The van der Waals surface area contributed by atoms with E-state index in [4.69, 9.17) is 14.5 Å². The standard InChI is InChI=1S/C27H26N6O3/c1-15(2)33-26-19(14-28-33)18(13-22(32-26)17-8-9-23-24(12-17)36-11-10-35-23)27(34)29-16(3)25-30-20-6-4-5-7-21(20)31-25/h4-9,12-16H,10-11H2,1-3H3,(H,29,34)(H,30,31)/t16-/m1/s1. The molecule has 9 heteroatoms. The molecular formula is C27H26N6O3. The van der Waals surface area contributed by atoms with E-state index in [0.29, 0.717) is 52.8 Å². The molecule has 1 aliphatic rings. The first-order valence-corrected chi connectivity index (χ1v) is 12.0. The van der Waals surface area contributed by atoms with Gasteiger partial charge in [0.25, 0.3) is 5.91 Å². The highest BCUT2D eigenvalue weighted by Crippen LogP contribution is 2.35. The zero-order valence-corrected chi connectivity index (χ0v) is 20.3. The first-order chi connectivity index (χ1) is 17.5. The minimum absolute atomic E-state index is 0.0795. The fourth-order valence-corrected chi connectivity index (χ4v) is 4.45. The molecule has 0 radical (unpaired) electrons. The van der Waals surface area contributed by atoms with Gasteiger partial charge in [-0.05, 0) is 57.2 Å². The number of hydrogen-bond donors (Lipinski definition) is 2. The zero-order valence-electron chi connectivity index (χ0n) is 20.3. The van der Waals surface area contributed by atoms with E-state index < -0.39 is 0 Å². The molecule has 0 spiro atoms. The Balaban J connectivity index is 1.40. The molecule has 6 rings (SSSR count). The Morgan fingerprint density at radius 1 is 1.03 bits per heavy atom. The Hall–Kier alpha value is -4.40. The lowest BCUT2D eigenvalue weighted by atomic mass is 10.1. The molecule has 1 atom stereocenters. The van der Waals surface area contributed by atoms with E-state index in [2.05, 4.69) is 20.4 Å². The molecule has 1 amide bonds. The van der Waals surface area contributed by atoms with Crippen LogP contribution in [0.1, 0.15) is 49.0 Å². The molecule has 0 fully saturated rings. The van der Waals surface area contributed by atoms with E-state index in [1.165, 1.54) is 0 Å². The second-order valence-corrected chi connectivity index (χ2v) is 9.17. The van der Waals surface area contributed by atoms with Crippen molar-refractivity contribution in [2.75, 3.05) is 13.2 Å². The Morgan fingerprint density at radius 3 is 2.64 bits per heavy atom. The Labute approximate surface area is 207 Å². The second kappa shape index (κ2) is 8.67. The number of fused-ring (bicyclic) bond motifs is 3. The number of ether oxygens (including phenoxy) is 2. The van der Waals surface area contributed by atoms with Crippen LogP contribution in [0.4, 0.5) is 0 Å². The zero-order chi connectivity index (χ0) is 24.8. The van der Waals surface area contributed by atoms with Crippen molar-refractivity contribution in [3.05, 3.63) is 66.1 Å². The van der Waals surface area contributed by atoms with Gasteiger partial charge in [-0.3, -0.25) is 4.79 Å². The van der Waals surface area contributed by atoms with E-state index in [1.54, 1.807) is 12.3 Å². The number of carbonyl (C=O) groups excluding carboxylic acids is 1. The Morgan fingerprint density at radius 2 is 1.83 bits per heavy atom. The molecule has 3 aromatic heterocycles. The lowest BCUT2D eigenvalue weighted by Gasteiger charge is -2.19. The number of aromatic nitrogens is 5. The summed E-state index contributed by atoms with van der Waals surface area (Å²) in [4.78, 5) is 26.4. The number of nitrogens with one attached hydrogen (secondary N) is 2. The summed E-state index contributed by atoms with van der Waals surface area (Å²) in [7, 11) is 0. The number of aromatic amines is 1. The van der Waals surface area contributed by atoms with Crippen LogP contribution in [-0.2, 0) is 0 Å². The van der Waals surface area contributed by atoms with Gasteiger partial charge in [-0.25, -0.2) is 14.6 Å². The molecule has 2 aromatic carbocycles. The molecular weight excluding hydrogens is 456 g/mol. The van der Waals surface area contributed by atoms with Crippen molar-refractivity contribution in [1.29, 1.82) is 0 Å². The average Bonchev–Trinajstić information content (AvgIpc) is 3.52. The molecule has 36 heavy (non-hydrogen) atoms. The number of nitrogens with zero attached hydrogens (tertiary/aromatic N) is 4. The number of imidazole rings is 1. The summed E-state index contributed by atoms with van der Waals surface area (Å²) in [5.41, 5.74) is 4.43. The lowest BCUT2D eigenvalue weighted by Crippen LogP contribution is -2.27. The largest absolute Gasteiger partial charge is 0.486 e. The third kappa shape index (κ3) is 3.82. The molecule has 0 saturated carbocycles. The van der Waals surface area contributed by atoms with Crippen LogP contribution >= 0.6 is 0 Å². The third-order valence-corrected chi connectivity index (χ3v) is 6.30. The number of carbonyl (C=O) groups is 1. The summed E-state index contributed by atoms with van der Waals surface area (Å²) in [6, 6.07) is 15.1. The van der Waals surface area contributed by atoms with Crippen LogP contribution in [0.2, 0.25) is 0 Å². The summed E-state index contributed by atoms with van der Waals surface area (Å²) < 4.78 is 13.3. The van der Waals surface area contributed by atoms with Gasteiger partial charge in [0.05, 0.1) is 39.9 Å². The number of benzene rings is 2. The van der Waals surface area contributed by atoms with E-state index in [9.17, 15) is 4.79 Å². The van der Waals surface area contributed by atoms with Gasteiger partial charge in [-0.2, -0.15) is 5.10 Å². The van der Waals surface area contributed by atoms with Crippen molar-refractivity contribution in [1.82, 2.24) is 30.0 Å². The van der Waals surface area contributed by atoms with Crippen molar-refractivity contribution in [3.63, 3.8) is 0 Å². The number of rotatable bonds is 5. The van der Waals surface area contributed by atoms with Crippen molar-refractivity contribution >= 4 is 28.0 Å². The maximum absolute atomic E-state index is 13.6. The van der Waals surface area contributed by atoms with Crippen LogP contribution in [0.3, 0.4) is 0 Å². The van der Waals surface area contributed by atoms with Crippen molar-refractivity contribution in [2.24, 2.45) is 0 Å². The third-order valence-electron chi connectivity index (χ3n) is 6.30.